The number of nitrogens with zero attached hydrogens (tertiary/aromatic N) is 1. The molecule has 0 atom stereocenters. The Morgan fingerprint density at radius 3 is 2.69 bits per heavy atom. The summed E-state index contributed by atoms with van der Waals surface area (Å²) in [6.45, 7) is 6.23. The van der Waals surface area contributed by atoms with Gasteiger partial charge in [-0.3, -0.25) is 4.79 Å². The number of carbonyl (C=O) groups is 1. The molecule has 1 aromatic heterocycles. The Morgan fingerprint density at radius 2 is 2.19 bits per heavy atom. The van der Waals surface area contributed by atoms with E-state index < -0.39 is 0 Å². The Kier molecular flexibility index (Phi) is 4.10. The number of carbonyl (C=O) groups excluding carboxylic acids is 1. The van der Waals surface area contributed by atoms with Crippen LogP contribution in [-0.4, -0.2) is 18.1 Å². The number of ether oxygens (including phenoxy) is 1. The molecule has 0 aliphatic rings. The standard InChI is InChI=1S/C12H19NO3/c1-12(2,3)9-8-13-10(16-9)6-5-7-11(14)15-4/h8H,5-7H2,1-4H3. The maximum absolute atomic E-state index is 10.9. The van der Waals surface area contributed by atoms with Gasteiger partial charge in [0.1, 0.15) is 5.76 Å². The zero-order valence-corrected chi connectivity index (χ0v) is 10.4. The Bertz CT molecular complexity index is 349. The summed E-state index contributed by atoms with van der Waals surface area (Å²) in [6.07, 6.45) is 3.54. The molecule has 0 aromatic carbocycles. The third-order valence-electron chi connectivity index (χ3n) is 2.29. The van der Waals surface area contributed by atoms with Crippen LogP contribution in [0, 0.1) is 0 Å². The van der Waals surface area contributed by atoms with Gasteiger partial charge in [0.05, 0.1) is 13.3 Å². The van der Waals surface area contributed by atoms with Crippen LogP contribution >= 0.6 is 0 Å². The summed E-state index contributed by atoms with van der Waals surface area (Å²) in [7, 11) is 1.39. The maximum Gasteiger partial charge on any atom is 0.305 e. The minimum atomic E-state index is -0.192. The Labute approximate surface area is 96.0 Å². The molecule has 4 nitrogen and oxygen atoms in total. The molecule has 16 heavy (non-hydrogen) atoms. The summed E-state index contributed by atoms with van der Waals surface area (Å²) in [5, 5.41) is 0. The first-order valence-electron chi connectivity index (χ1n) is 5.45. The molecule has 0 spiro atoms. The molecule has 0 aliphatic carbocycles. The lowest BCUT2D eigenvalue weighted by Gasteiger charge is -2.13. The lowest BCUT2D eigenvalue weighted by molar-refractivity contribution is -0.140. The molecular weight excluding hydrogens is 206 g/mol. The average molecular weight is 225 g/mol. The second-order valence-corrected chi connectivity index (χ2v) is 4.80. The van der Waals surface area contributed by atoms with Crippen molar-refractivity contribution in [1.82, 2.24) is 4.98 Å². The number of methoxy groups -OCH3 is 1. The van der Waals surface area contributed by atoms with Gasteiger partial charge in [-0.2, -0.15) is 0 Å². The quantitative estimate of drug-likeness (QED) is 0.739. The van der Waals surface area contributed by atoms with E-state index in [2.05, 4.69) is 30.5 Å². The van der Waals surface area contributed by atoms with Gasteiger partial charge in [-0.1, -0.05) is 20.8 Å². The first-order valence-corrected chi connectivity index (χ1v) is 5.45. The fraction of sp³-hybridized carbons (Fsp3) is 0.667. The second kappa shape index (κ2) is 5.14. The molecule has 0 amide bonds. The maximum atomic E-state index is 10.9. The molecule has 0 saturated carbocycles. The molecule has 90 valence electrons. The van der Waals surface area contributed by atoms with E-state index in [0.29, 0.717) is 25.2 Å². The zero-order valence-electron chi connectivity index (χ0n) is 10.4. The highest BCUT2D eigenvalue weighted by Gasteiger charge is 2.18. The molecule has 1 heterocycles. The van der Waals surface area contributed by atoms with Crippen molar-refractivity contribution in [2.75, 3.05) is 7.11 Å². The Hall–Kier alpha value is -1.32. The van der Waals surface area contributed by atoms with Crippen molar-refractivity contribution in [3.8, 4) is 0 Å². The van der Waals surface area contributed by atoms with Crippen LogP contribution < -0.4 is 0 Å². The van der Waals surface area contributed by atoms with Gasteiger partial charge in [-0.15, -0.1) is 0 Å². The molecular formula is C12H19NO3. The van der Waals surface area contributed by atoms with E-state index in [1.54, 1.807) is 6.20 Å². The van der Waals surface area contributed by atoms with Gasteiger partial charge in [-0.05, 0) is 6.42 Å². The Morgan fingerprint density at radius 1 is 1.50 bits per heavy atom. The van der Waals surface area contributed by atoms with Gasteiger partial charge < -0.3 is 9.15 Å². The first kappa shape index (κ1) is 12.7. The molecule has 4 heteroatoms. The predicted molar refractivity (Wildman–Crippen MR) is 60.2 cm³/mol. The van der Waals surface area contributed by atoms with Crippen LogP contribution in [0.1, 0.15) is 45.3 Å². The van der Waals surface area contributed by atoms with Gasteiger partial charge >= 0.3 is 5.97 Å². The van der Waals surface area contributed by atoms with Gasteiger partial charge in [-0.25, -0.2) is 4.98 Å². The Balaban J connectivity index is 2.44. The summed E-state index contributed by atoms with van der Waals surface area (Å²) in [5.41, 5.74) is -0.0202. The van der Waals surface area contributed by atoms with Crippen LogP contribution in [0.15, 0.2) is 10.6 Å². The van der Waals surface area contributed by atoms with Crippen molar-refractivity contribution in [3.05, 3.63) is 17.8 Å². The molecule has 0 fully saturated rings. The zero-order chi connectivity index (χ0) is 12.2. The molecule has 0 N–H and O–H groups in total. The summed E-state index contributed by atoms with van der Waals surface area (Å²) in [5.74, 6) is 1.37. The predicted octanol–water partition coefficient (Wildman–Crippen LogP) is 2.47. The monoisotopic (exact) mass is 225 g/mol. The van der Waals surface area contributed by atoms with Crippen molar-refractivity contribution in [1.29, 1.82) is 0 Å². The van der Waals surface area contributed by atoms with Crippen molar-refractivity contribution in [3.63, 3.8) is 0 Å². The van der Waals surface area contributed by atoms with Crippen LogP contribution in [0.4, 0.5) is 0 Å². The lowest BCUT2D eigenvalue weighted by atomic mass is 9.94. The van der Waals surface area contributed by atoms with Crippen LogP contribution in [0.5, 0.6) is 0 Å². The van der Waals surface area contributed by atoms with Crippen molar-refractivity contribution in [2.24, 2.45) is 0 Å². The van der Waals surface area contributed by atoms with Crippen molar-refractivity contribution in [2.45, 2.75) is 45.4 Å². The van der Waals surface area contributed by atoms with E-state index in [-0.39, 0.29) is 11.4 Å². The molecule has 0 unspecified atom stereocenters. The summed E-state index contributed by atoms with van der Waals surface area (Å²) < 4.78 is 10.2. The fourth-order valence-electron chi connectivity index (χ4n) is 1.26. The van der Waals surface area contributed by atoms with E-state index in [1.165, 1.54) is 7.11 Å². The van der Waals surface area contributed by atoms with Crippen molar-refractivity contribution >= 4 is 5.97 Å². The molecule has 1 rings (SSSR count). The van der Waals surface area contributed by atoms with Crippen LogP contribution in [-0.2, 0) is 21.4 Å². The third kappa shape index (κ3) is 3.68. The van der Waals surface area contributed by atoms with Gasteiger partial charge in [0, 0.05) is 18.3 Å². The number of rotatable bonds is 4. The van der Waals surface area contributed by atoms with Gasteiger partial charge in [0.25, 0.3) is 0 Å². The average Bonchev–Trinajstić information content (AvgIpc) is 2.65. The molecule has 0 bridgehead atoms. The number of oxazole rings is 1. The van der Waals surface area contributed by atoms with E-state index >= 15 is 0 Å². The number of esters is 1. The third-order valence-corrected chi connectivity index (χ3v) is 2.29. The molecule has 0 radical (unpaired) electrons. The van der Waals surface area contributed by atoms with Gasteiger partial charge in [0.15, 0.2) is 5.89 Å². The highest BCUT2D eigenvalue weighted by atomic mass is 16.5. The summed E-state index contributed by atoms with van der Waals surface area (Å²) in [6, 6.07) is 0. The molecule has 0 saturated heterocycles. The second-order valence-electron chi connectivity index (χ2n) is 4.80. The summed E-state index contributed by atoms with van der Waals surface area (Å²) in [4.78, 5) is 15.1. The SMILES string of the molecule is COC(=O)CCCc1ncc(C(C)(C)C)o1. The van der Waals surface area contributed by atoms with Crippen LogP contribution in [0.2, 0.25) is 0 Å². The van der Waals surface area contributed by atoms with E-state index in [4.69, 9.17) is 4.42 Å². The molecule has 1 aromatic rings. The number of aromatic nitrogens is 1. The van der Waals surface area contributed by atoms with Crippen molar-refractivity contribution < 1.29 is 13.9 Å². The number of hydrogen-bond acceptors (Lipinski definition) is 4. The first-order chi connectivity index (χ1) is 7.43. The lowest BCUT2D eigenvalue weighted by Crippen LogP contribution is -2.09. The van der Waals surface area contributed by atoms with Crippen LogP contribution in [0.25, 0.3) is 0 Å². The van der Waals surface area contributed by atoms with Gasteiger partial charge in [0.2, 0.25) is 0 Å². The van der Waals surface area contributed by atoms with Crippen LogP contribution in [0.3, 0.4) is 0 Å². The minimum Gasteiger partial charge on any atom is -0.469 e. The molecule has 0 aliphatic heterocycles. The minimum absolute atomic E-state index is 0.0202. The fourth-order valence-corrected chi connectivity index (χ4v) is 1.26. The van der Waals surface area contributed by atoms with E-state index in [1.807, 2.05) is 0 Å². The topological polar surface area (TPSA) is 52.3 Å². The van der Waals surface area contributed by atoms with E-state index in [9.17, 15) is 4.79 Å². The highest BCUT2D eigenvalue weighted by Crippen LogP contribution is 2.23. The largest absolute Gasteiger partial charge is 0.469 e. The normalized spacial score (nSPS) is 11.5. The van der Waals surface area contributed by atoms with E-state index in [0.717, 1.165) is 5.76 Å². The number of hydrogen-bond donors (Lipinski definition) is 0. The number of aryl methyl sites for hydroxylation is 1. The highest BCUT2D eigenvalue weighted by molar-refractivity contribution is 5.69. The summed E-state index contributed by atoms with van der Waals surface area (Å²) >= 11 is 0. The smallest absolute Gasteiger partial charge is 0.305 e.